The van der Waals surface area contributed by atoms with E-state index in [0.29, 0.717) is 0 Å². The van der Waals surface area contributed by atoms with Crippen molar-refractivity contribution in [2.45, 2.75) is 18.9 Å². The van der Waals surface area contributed by atoms with Crippen LogP contribution in [0.3, 0.4) is 0 Å². The van der Waals surface area contributed by atoms with Crippen LogP contribution in [-0.2, 0) is 4.84 Å². The van der Waals surface area contributed by atoms with Crippen LogP contribution in [0.1, 0.15) is 12.8 Å². The summed E-state index contributed by atoms with van der Waals surface area (Å²) in [5, 5.41) is 8.55. The molecule has 2 N–H and O–H groups in total. The third-order valence-electron chi connectivity index (χ3n) is 1.27. The first-order valence-corrected chi connectivity index (χ1v) is 2.91. The molecule has 0 amide bonds. The van der Waals surface area contributed by atoms with Gasteiger partial charge in [-0.25, -0.2) is 0 Å². The predicted molar refractivity (Wildman–Crippen MR) is 29.2 cm³/mol. The Bertz CT molecular complexity index is 61.4. The monoisotopic (exact) mass is 117 g/mol. The molecule has 1 aliphatic rings. The topological polar surface area (TPSA) is 41.5 Å². The number of nitrogens with one attached hydrogen (secondary N) is 1. The molecule has 1 unspecified atom stereocenters. The summed E-state index contributed by atoms with van der Waals surface area (Å²) in [6.07, 6.45) is 2.08. The van der Waals surface area contributed by atoms with E-state index in [-0.39, 0.29) is 12.6 Å². The quantitative estimate of drug-likeness (QED) is 0.494. The Morgan fingerprint density at radius 3 is 3.00 bits per heavy atom. The summed E-state index contributed by atoms with van der Waals surface area (Å²) >= 11 is 0. The van der Waals surface area contributed by atoms with Crippen LogP contribution >= 0.6 is 0 Å². The molecular weight excluding hydrogens is 106 g/mol. The van der Waals surface area contributed by atoms with Crippen molar-refractivity contribution in [2.24, 2.45) is 0 Å². The zero-order chi connectivity index (χ0) is 5.82. The van der Waals surface area contributed by atoms with Gasteiger partial charge in [0.1, 0.15) is 0 Å². The molecule has 0 spiro atoms. The highest BCUT2D eigenvalue weighted by atomic mass is 16.6. The van der Waals surface area contributed by atoms with E-state index in [4.69, 9.17) is 9.94 Å². The molecule has 8 heavy (non-hydrogen) atoms. The maximum absolute atomic E-state index is 8.55. The molecule has 1 rings (SSSR count). The van der Waals surface area contributed by atoms with Gasteiger partial charge in [0.05, 0.1) is 19.3 Å². The Morgan fingerprint density at radius 2 is 2.62 bits per heavy atom. The van der Waals surface area contributed by atoms with E-state index in [0.717, 1.165) is 19.4 Å². The van der Waals surface area contributed by atoms with Crippen molar-refractivity contribution in [2.75, 3.05) is 13.2 Å². The van der Waals surface area contributed by atoms with Crippen molar-refractivity contribution in [1.29, 1.82) is 0 Å². The van der Waals surface area contributed by atoms with Gasteiger partial charge in [0.25, 0.3) is 0 Å². The van der Waals surface area contributed by atoms with E-state index in [1.807, 2.05) is 0 Å². The van der Waals surface area contributed by atoms with Crippen LogP contribution in [0.15, 0.2) is 0 Å². The smallest absolute Gasteiger partial charge is 0.0682 e. The highest BCUT2D eigenvalue weighted by molar-refractivity contribution is 4.62. The minimum atomic E-state index is 0.170. The number of aliphatic hydroxyl groups excluding tert-OH is 1. The van der Waals surface area contributed by atoms with E-state index >= 15 is 0 Å². The largest absolute Gasteiger partial charge is 0.395 e. The molecule has 1 heterocycles. The summed E-state index contributed by atoms with van der Waals surface area (Å²) in [6, 6.07) is 0.170. The van der Waals surface area contributed by atoms with Crippen molar-refractivity contribution in [3.63, 3.8) is 0 Å². The summed E-state index contributed by atoms with van der Waals surface area (Å²) in [7, 11) is 0. The van der Waals surface area contributed by atoms with Gasteiger partial charge in [-0.3, -0.25) is 0 Å². The summed E-state index contributed by atoms with van der Waals surface area (Å²) in [4.78, 5) is 4.86. The fraction of sp³-hybridized carbons (Fsp3) is 1.00. The molecule has 48 valence electrons. The second-order valence-corrected chi connectivity index (χ2v) is 1.99. The number of hydrogen-bond acceptors (Lipinski definition) is 3. The Labute approximate surface area is 48.6 Å². The molecule has 3 heteroatoms. The van der Waals surface area contributed by atoms with Crippen LogP contribution in [0.4, 0.5) is 0 Å². The van der Waals surface area contributed by atoms with Crippen LogP contribution in [0.2, 0.25) is 0 Å². The lowest BCUT2D eigenvalue weighted by Crippen LogP contribution is -2.36. The highest BCUT2D eigenvalue weighted by Crippen LogP contribution is 2.01. The molecule has 0 radical (unpaired) electrons. The summed E-state index contributed by atoms with van der Waals surface area (Å²) in [5.74, 6) is 0. The van der Waals surface area contributed by atoms with Crippen molar-refractivity contribution in [1.82, 2.24) is 5.48 Å². The normalized spacial score (nSPS) is 30.4. The average molecular weight is 117 g/mol. The molecule has 0 aromatic rings. The molecule has 1 saturated heterocycles. The zero-order valence-corrected chi connectivity index (χ0v) is 4.76. The van der Waals surface area contributed by atoms with Crippen molar-refractivity contribution in [3.8, 4) is 0 Å². The molecule has 0 bridgehead atoms. The highest BCUT2D eigenvalue weighted by Gasteiger charge is 2.10. The maximum atomic E-state index is 8.55. The molecule has 1 atom stereocenters. The fourth-order valence-electron chi connectivity index (χ4n) is 0.766. The van der Waals surface area contributed by atoms with E-state index in [9.17, 15) is 0 Å². The molecule has 3 nitrogen and oxygen atoms in total. The maximum Gasteiger partial charge on any atom is 0.0682 e. The third kappa shape index (κ3) is 1.43. The van der Waals surface area contributed by atoms with E-state index in [2.05, 4.69) is 5.48 Å². The second-order valence-electron chi connectivity index (χ2n) is 1.99. The van der Waals surface area contributed by atoms with Gasteiger partial charge in [0.15, 0.2) is 0 Å². The third-order valence-corrected chi connectivity index (χ3v) is 1.27. The van der Waals surface area contributed by atoms with E-state index < -0.39 is 0 Å². The SMILES string of the molecule is OCC1CCCON1. The predicted octanol–water partition coefficient (Wildman–Crippen LogP) is -0.338. The van der Waals surface area contributed by atoms with Gasteiger partial charge in [-0.15, -0.1) is 0 Å². The zero-order valence-electron chi connectivity index (χ0n) is 4.76. The number of hydrogen-bond donors (Lipinski definition) is 2. The van der Waals surface area contributed by atoms with Crippen molar-refractivity contribution >= 4 is 0 Å². The summed E-state index contributed by atoms with van der Waals surface area (Å²) < 4.78 is 0. The van der Waals surface area contributed by atoms with Gasteiger partial charge in [0.2, 0.25) is 0 Å². The number of rotatable bonds is 1. The molecule has 0 aromatic heterocycles. The molecule has 0 saturated carbocycles. The van der Waals surface area contributed by atoms with Gasteiger partial charge >= 0.3 is 0 Å². The standard InChI is InChI=1S/C5H11NO2/c7-4-5-2-1-3-8-6-5/h5-7H,1-4H2. The van der Waals surface area contributed by atoms with Crippen LogP contribution in [0.25, 0.3) is 0 Å². The first-order chi connectivity index (χ1) is 3.93. The van der Waals surface area contributed by atoms with Crippen LogP contribution in [0, 0.1) is 0 Å². The van der Waals surface area contributed by atoms with E-state index in [1.54, 1.807) is 0 Å². The van der Waals surface area contributed by atoms with Gasteiger partial charge in [-0.05, 0) is 12.8 Å². The lowest BCUT2D eigenvalue weighted by atomic mass is 10.2. The van der Waals surface area contributed by atoms with Gasteiger partial charge in [-0.2, -0.15) is 5.48 Å². The molecule has 1 fully saturated rings. The van der Waals surface area contributed by atoms with E-state index in [1.165, 1.54) is 0 Å². The van der Waals surface area contributed by atoms with Gasteiger partial charge in [0, 0.05) is 0 Å². The minimum Gasteiger partial charge on any atom is -0.395 e. The second kappa shape index (κ2) is 3.02. The van der Waals surface area contributed by atoms with Gasteiger partial charge < -0.3 is 9.94 Å². The van der Waals surface area contributed by atoms with Gasteiger partial charge in [-0.1, -0.05) is 0 Å². The fourth-order valence-corrected chi connectivity index (χ4v) is 0.766. The van der Waals surface area contributed by atoms with Crippen LogP contribution in [0.5, 0.6) is 0 Å². The average Bonchev–Trinajstić information content (AvgIpc) is 1.90. The lowest BCUT2D eigenvalue weighted by molar-refractivity contribution is -0.0325. The first-order valence-electron chi connectivity index (χ1n) is 2.91. The molecule has 1 aliphatic heterocycles. The van der Waals surface area contributed by atoms with Crippen molar-refractivity contribution < 1.29 is 9.94 Å². The molecular formula is C5H11NO2. The number of aliphatic hydroxyl groups is 1. The summed E-state index contributed by atoms with van der Waals surface area (Å²) in [6.45, 7) is 0.955. The minimum absolute atomic E-state index is 0.170. The Hall–Kier alpha value is -0.120. The Kier molecular flexibility index (Phi) is 2.27. The van der Waals surface area contributed by atoms with Crippen molar-refractivity contribution in [3.05, 3.63) is 0 Å². The first kappa shape index (κ1) is 6.01. The molecule has 0 aliphatic carbocycles. The Morgan fingerprint density at radius 1 is 1.75 bits per heavy atom. The van der Waals surface area contributed by atoms with Crippen LogP contribution < -0.4 is 5.48 Å². The number of hydroxylamine groups is 1. The Balaban J connectivity index is 2.13. The molecule has 0 aromatic carbocycles. The van der Waals surface area contributed by atoms with Crippen LogP contribution in [-0.4, -0.2) is 24.4 Å². The summed E-state index contributed by atoms with van der Waals surface area (Å²) in [5.41, 5.74) is 2.72. The lowest BCUT2D eigenvalue weighted by Gasteiger charge is -2.20.